The second kappa shape index (κ2) is 10.4. The van der Waals surface area contributed by atoms with Gasteiger partial charge in [0.2, 0.25) is 11.8 Å². The third kappa shape index (κ3) is 5.17. The minimum Gasteiger partial charge on any atom is -0.493 e. The number of para-hydroxylation sites is 1. The molecular formula is C21H22N4O5S2. The van der Waals surface area contributed by atoms with Crippen LogP contribution in [-0.2, 0) is 16.0 Å². The molecule has 9 nitrogen and oxygen atoms in total. The minimum atomic E-state index is -0.486. The van der Waals surface area contributed by atoms with Gasteiger partial charge in [0.05, 0.1) is 29.3 Å². The molecule has 2 heterocycles. The van der Waals surface area contributed by atoms with E-state index in [1.807, 2.05) is 6.07 Å². The van der Waals surface area contributed by atoms with Crippen LogP contribution in [0.15, 0.2) is 40.3 Å². The van der Waals surface area contributed by atoms with Gasteiger partial charge >= 0.3 is 5.97 Å². The van der Waals surface area contributed by atoms with Gasteiger partial charge in [-0.05, 0) is 32.4 Å². The highest BCUT2D eigenvalue weighted by atomic mass is 32.2. The van der Waals surface area contributed by atoms with Gasteiger partial charge in [0.15, 0.2) is 10.3 Å². The number of benzene rings is 1. The maximum atomic E-state index is 12.9. The van der Waals surface area contributed by atoms with Crippen LogP contribution in [0.5, 0.6) is 5.88 Å². The molecule has 0 radical (unpaired) electrons. The van der Waals surface area contributed by atoms with Crippen LogP contribution >= 0.6 is 23.1 Å². The molecule has 0 spiro atoms. The maximum Gasteiger partial charge on any atom is 0.350 e. The first-order chi connectivity index (χ1) is 15.3. The van der Waals surface area contributed by atoms with Crippen molar-refractivity contribution in [3.63, 3.8) is 0 Å². The molecule has 0 aliphatic carbocycles. The maximum absolute atomic E-state index is 12.9. The molecule has 3 aromatic rings. The Balaban J connectivity index is 1.80. The number of nitrogens with one attached hydrogen (secondary N) is 1. The molecule has 0 saturated carbocycles. The van der Waals surface area contributed by atoms with Crippen LogP contribution in [0.25, 0.3) is 5.69 Å². The van der Waals surface area contributed by atoms with Gasteiger partial charge in [-0.3, -0.25) is 14.2 Å². The molecule has 0 atom stereocenters. The number of carbonyl (C=O) groups excluding carboxylic acids is 2. The van der Waals surface area contributed by atoms with E-state index in [9.17, 15) is 19.5 Å². The first-order valence-electron chi connectivity index (χ1n) is 9.83. The van der Waals surface area contributed by atoms with Crippen LogP contribution in [0.4, 0.5) is 5.13 Å². The Kier molecular flexibility index (Phi) is 7.65. The van der Waals surface area contributed by atoms with Crippen molar-refractivity contribution in [3.8, 4) is 11.6 Å². The van der Waals surface area contributed by atoms with Gasteiger partial charge in [0, 0.05) is 0 Å². The monoisotopic (exact) mass is 474 g/mol. The molecule has 1 aromatic carbocycles. The van der Waals surface area contributed by atoms with Crippen molar-refractivity contribution in [2.24, 2.45) is 0 Å². The molecule has 0 bridgehead atoms. The predicted molar refractivity (Wildman–Crippen MR) is 123 cm³/mol. The number of amides is 1. The highest BCUT2D eigenvalue weighted by Gasteiger charge is 2.20. The predicted octanol–water partition coefficient (Wildman–Crippen LogP) is 3.17. The summed E-state index contributed by atoms with van der Waals surface area (Å²) >= 11 is 2.04. The number of aromatic nitrogens is 3. The molecule has 32 heavy (non-hydrogen) atoms. The Morgan fingerprint density at radius 2 is 1.94 bits per heavy atom. The Labute approximate surface area is 192 Å². The molecule has 168 valence electrons. The van der Waals surface area contributed by atoms with E-state index in [-0.39, 0.29) is 39.7 Å². The van der Waals surface area contributed by atoms with Gasteiger partial charge in [-0.2, -0.15) is 4.98 Å². The molecule has 2 N–H and O–H groups in total. The van der Waals surface area contributed by atoms with Crippen LogP contribution in [0.2, 0.25) is 0 Å². The molecule has 0 fully saturated rings. The normalized spacial score (nSPS) is 10.7. The number of hydrogen-bond donors (Lipinski definition) is 2. The molecule has 0 aliphatic heterocycles. The zero-order valence-electron chi connectivity index (χ0n) is 17.7. The summed E-state index contributed by atoms with van der Waals surface area (Å²) in [4.78, 5) is 46.0. The highest BCUT2D eigenvalue weighted by Crippen LogP contribution is 2.25. The zero-order valence-corrected chi connectivity index (χ0v) is 19.4. The van der Waals surface area contributed by atoms with Crippen molar-refractivity contribution in [1.29, 1.82) is 0 Å². The standard InChI is InChI=1S/C21H22N4O5S2/c1-4-14-17(27)24-21(25(18(14)28)13-9-7-6-8-10-13)31-11-15(26)23-20-22-12(3)16(32-20)19(29)30-5-2/h6-10,27H,4-5,11H2,1-3H3,(H,22,23,26). The van der Waals surface area contributed by atoms with E-state index >= 15 is 0 Å². The van der Waals surface area contributed by atoms with E-state index in [2.05, 4.69) is 15.3 Å². The summed E-state index contributed by atoms with van der Waals surface area (Å²) in [7, 11) is 0. The SMILES string of the molecule is CCOC(=O)c1sc(NC(=O)CSc2nc(O)c(CC)c(=O)n2-c2ccccc2)nc1C. The molecule has 0 unspecified atom stereocenters. The number of thioether (sulfide) groups is 1. The largest absolute Gasteiger partial charge is 0.493 e. The van der Waals surface area contributed by atoms with E-state index in [4.69, 9.17) is 4.74 Å². The number of carbonyl (C=O) groups is 2. The van der Waals surface area contributed by atoms with Crippen molar-refractivity contribution in [1.82, 2.24) is 14.5 Å². The number of esters is 1. The van der Waals surface area contributed by atoms with Gasteiger partial charge in [0.1, 0.15) is 4.88 Å². The molecular weight excluding hydrogens is 452 g/mol. The summed E-state index contributed by atoms with van der Waals surface area (Å²) in [6.07, 6.45) is 0.322. The van der Waals surface area contributed by atoms with E-state index in [0.717, 1.165) is 23.1 Å². The fourth-order valence-corrected chi connectivity index (χ4v) is 4.54. The van der Waals surface area contributed by atoms with Crippen LogP contribution in [-0.4, -0.2) is 43.9 Å². The third-order valence-electron chi connectivity index (χ3n) is 4.33. The Morgan fingerprint density at radius 3 is 2.59 bits per heavy atom. The number of ether oxygens (including phenoxy) is 1. The van der Waals surface area contributed by atoms with Crippen LogP contribution < -0.4 is 10.9 Å². The fourth-order valence-electron chi connectivity index (χ4n) is 2.86. The first kappa shape index (κ1) is 23.5. The number of rotatable bonds is 8. The number of thiazole rings is 1. The number of aromatic hydroxyl groups is 1. The van der Waals surface area contributed by atoms with Crippen LogP contribution in [0, 0.1) is 6.92 Å². The molecule has 3 rings (SSSR count). The Morgan fingerprint density at radius 1 is 1.22 bits per heavy atom. The topological polar surface area (TPSA) is 123 Å². The number of nitrogens with zero attached hydrogens (tertiary/aromatic N) is 3. The Hall–Kier alpha value is -3.18. The number of hydrogen-bond acceptors (Lipinski definition) is 9. The number of aryl methyl sites for hydroxylation is 1. The van der Waals surface area contributed by atoms with E-state index in [0.29, 0.717) is 22.7 Å². The lowest BCUT2D eigenvalue weighted by Gasteiger charge is -2.13. The lowest BCUT2D eigenvalue weighted by molar-refractivity contribution is -0.113. The van der Waals surface area contributed by atoms with E-state index < -0.39 is 11.9 Å². The Bertz CT molecular complexity index is 1190. The second-order valence-corrected chi connectivity index (χ2v) is 8.46. The van der Waals surface area contributed by atoms with Crippen LogP contribution in [0.1, 0.15) is 34.8 Å². The summed E-state index contributed by atoms with van der Waals surface area (Å²) in [5.41, 5.74) is 0.865. The average Bonchev–Trinajstić information content (AvgIpc) is 3.13. The van der Waals surface area contributed by atoms with E-state index in [1.54, 1.807) is 45.0 Å². The zero-order chi connectivity index (χ0) is 23.3. The van der Waals surface area contributed by atoms with Crippen molar-refractivity contribution in [3.05, 3.63) is 56.8 Å². The van der Waals surface area contributed by atoms with Gasteiger partial charge in [-0.25, -0.2) is 9.78 Å². The summed E-state index contributed by atoms with van der Waals surface area (Å²) in [6.45, 7) is 5.37. The number of anilines is 1. The third-order valence-corrected chi connectivity index (χ3v) is 6.32. The van der Waals surface area contributed by atoms with Gasteiger partial charge < -0.3 is 15.2 Å². The highest BCUT2D eigenvalue weighted by molar-refractivity contribution is 7.99. The molecule has 0 saturated heterocycles. The van der Waals surface area contributed by atoms with Crippen LogP contribution in [0.3, 0.4) is 0 Å². The first-order valence-corrected chi connectivity index (χ1v) is 11.6. The smallest absolute Gasteiger partial charge is 0.350 e. The lowest BCUT2D eigenvalue weighted by Crippen LogP contribution is -2.25. The van der Waals surface area contributed by atoms with Crippen molar-refractivity contribution < 1.29 is 19.4 Å². The van der Waals surface area contributed by atoms with Crippen molar-refractivity contribution in [2.75, 3.05) is 17.7 Å². The summed E-state index contributed by atoms with van der Waals surface area (Å²) in [5.74, 6) is -1.31. The van der Waals surface area contributed by atoms with Crippen molar-refractivity contribution >= 4 is 40.1 Å². The molecule has 2 aromatic heterocycles. The van der Waals surface area contributed by atoms with Gasteiger partial charge in [-0.1, -0.05) is 48.2 Å². The summed E-state index contributed by atoms with van der Waals surface area (Å²) in [6, 6.07) is 8.89. The van der Waals surface area contributed by atoms with Gasteiger partial charge in [0.25, 0.3) is 5.56 Å². The van der Waals surface area contributed by atoms with E-state index in [1.165, 1.54) is 4.57 Å². The van der Waals surface area contributed by atoms with Gasteiger partial charge in [-0.15, -0.1) is 0 Å². The van der Waals surface area contributed by atoms with Crippen molar-refractivity contribution in [2.45, 2.75) is 32.3 Å². The lowest BCUT2D eigenvalue weighted by atomic mass is 10.2. The average molecular weight is 475 g/mol. The minimum absolute atomic E-state index is 0.0858. The quantitative estimate of drug-likeness (QED) is 0.290. The second-order valence-electron chi connectivity index (χ2n) is 6.52. The summed E-state index contributed by atoms with van der Waals surface area (Å²) < 4.78 is 6.36. The fraction of sp³-hybridized carbons (Fsp3) is 0.286. The molecule has 11 heteroatoms. The molecule has 0 aliphatic rings. The molecule has 1 amide bonds. The summed E-state index contributed by atoms with van der Waals surface area (Å²) in [5, 5.41) is 13.3.